The van der Waals surface area contributed by atoms with Crippen LogP contribution in [0.4, 0.5) is 5.69 Å². The molecule has 2 aromatic carbocycles. The Balaban J connectivity index is 1.96. The maximum atomic E-state index is 12.7. The molecule has 0 aliphatic carbocycles. The molecule has 0 unspecified atom stereocenters. The van der Waals surface area contributed by atoms with Gasteiger partial charge in [-0.25, -0.2) is 5.01 Å². The molecule has 1 aliphatic heterocycles. The summed E-state index contributed by atoms with van der Waals surface area (Å²) in [5.41, 5.74) is 4.31. The van der Waals surface area contributed by atoms with Gasteiger partial charge < -0.3 is 9.84 Å². The zero-order chi connectivity index (χ0) is 18.8. The van der Waals surface area contributed by atoms with Gasteiger partial charge in [0, 0.05) is 16.7 Å². The highest BCUT2D eigenvalue weighted by atomic mass is 35.5. The molecular weight excluding hydrogens is 356 g/mol. The van der Waals surface area contributed by atoms with Gasteiger partial charge in [0.1, 0.15) is 5.57 Å². The number of ether oxygens (including phenoxy) is 1. The van der Waals surface area contributed by atoms with Crippen LogP contribution in [0.2, 0.25) is 5.02 Å². The van der Waals surface area contributed by atoms with E-state index in [2.05, 4.69) is 5.43 Å². The molecule has 0 aromatic heterocycles. The molecule has 0 bridgehead atoms. The van der Waals surface area contributed by atoms with E-state index in [1.165, 1.54) is 30.3 Å². The number of carbonyl (C=O) groups is 2. The van der Waals surface area contributed by atoms with E-state index in [0.29, 0.717) is 10.7 Å². The van der Waals surface area contributed by atoms with E-state index in [1.54, 1.807) is 12.1 Å². The number of aryl methyl sites for hydroxylation is 1. The summed E-state index contributed by atoms with van der Waals surface area (Å²) < 4.78 is 5.04. The third kappa shape index (κ3) is 3.23. The number of hydrogen-bond acceptors (Lipinski definition) is 4. The number of carbonyl (C=O) groups excluding carboxylic acids is 2. The van der Waals surface area contributed by atoms with Crippen molar-refractivity contribution >= 4 is 35.2 Å². The third-order valence-corrected chi connectivity index (χ3v) is 4.30. The maximum Gasteiger partial charge on any atom is 0.282 e. The van der Waals surface area contributed by atoms with Crippen molar-refractivity contribution in [1.29, 1.82) is 0 Å². The number of phenolic OH excluding ortho intramolecular Hbond substituents is 1. The SMILES string of the molecule is CCc1ccc(N2NC(=O)/C(=C/c3cc(Cl)cc(OC)c3O)C2=O)cc1. The molecule has 1 heterocycles. The van der Waals surface area contributed by atoms with Crippen molar-refractivity contribution in [1.82, 2.24) is 5.43 Å². The van der Waals surface area contributed by atoms with Gasteiger partial charge in [-0.05, 0) is 36.3 Å². The molecule has 6 nitrogen and oxygen atoms in total. The first-order valence-corrected chi connectivity index (χ1v) is 8.35. The zero-order valence-corrected chi connectivity index (χ0v) is 15.0. The van der Waals surface area contributed by atoms with Crippen molar-refractivity contribution < 1.29 is 19.4 Å². The smallest absolute Gasteiger partial charge is 0.282 e. The van der Waals surface area contributed by atoms with Crippen molar-refractivity contribution in [3.63, 3.8) is 0 Å². The molecule has 7 heteroatoms. The Morgan fingerprint density at radius 2 is 1.92 bits per heavy atom. The maximum absolute atomic E-state index is 12.7. The predicted molar refractivity (Wildman–Crippen MR) is 99.1 cm³/mol. The first-order chi connectivity index (χ1) is 12.4. The highest BCUT2D eigenvalue weighted by Gasteiger charge is 2.34. The van der Waals surface area contributed by atoms with Crippen molar-refractivity contribution in [3.8, 4) is 11.5 Å². The summed E-state index contributed by atoms with van der Waals surface area (Å²) in [5.74, 6) is -1.12. The fourth-order valence-corrected chi connectivity index (χ4v) is 2.85. The van der Waals surface area contributed by atoms with Gasteiger partial charge in [-0.3, -0.25) is 15.0 Å². The molecule has 2 N–H and O–H groups in total. The Hall–Kier alpha value is -2.99. The summed E-state index contributed by atoms with van der Waals surface area (Å²) in [5, 5.41) is 11.7. The number of aromatic hydroxyl groups is 1. The standard InChI is InChI=1S/C19H17ClN2O4/c1-3-11-4-6-14(7-5-11)22-19(25)15(18(24)21-22)9-12-8-13(20)10-16(26-2)17(12)23/h4-10,23H,3H2,1-2H3,(H,21,24)/b15-9-. The second-order valence-corrected chi connectivity index (χ2v) is 6.14. The highest BCUT2D eigenvalue weighted by Crippen LogP contribution is 2.35. The summed E-state index contributed by atoms with van der Waals surface area (Å²) in [7, 11) is 1.39. The number of hydrogen-bond donors (Lipinski definition) is 2. The first-order valence-electron chi connectivity index (χ1n) is 7.97. The largest absolute Gasteiger partial charge is 0.504 e. The molecule has 1 fully saturated rings. The normalized spacial score (nSPS) is 15.5. The average molecular weight is 373 g/mol. The van der Waals surface area contributed by atoms with E-state index in [1.807, 2.05) is 19.1 Å². The van der Waals surface area contributed by atoms with Crippen molar-refractivity contribution in [2.75, 3.05) is 12.1 Å². The minimum Gasteiger partial charge on any atom is -0.504 e. The number of nitrogens with one attached hydrogen (secondary N) is 1. The Kier molecular flexibility index (Phi) is 4.86. The number of anilines is 1. The van der Waals surface area contributed by atoms with Gasteiger partial charge in [0.2, 0.25) is 0 Å². The van der Waals surface area contributed by atoms with Crippen LogP contribution in [0.3, 0.4) is 0 Å². The van der Waals surface area contributed by atoms with Gasteiger partial charge in [-0.1, -0.05) is 30.7 Å². The topological polar surface area (TPSA) is 78.9 Å². The molecule has 0 spiro atoms. The first kappa shape index (κ1) is 17.8. The van der Waals surface area contributed by atoms with Crippen LogP contribution >= 0.6 is 11.6 Å². The number of rotatable bonds is 4. The van der Waals surface area contributed by atoms with Gasteiger partial charge in [0.05, 0.1) is 12.8 Å². The van der Waals surface area contributed by atoms with Crippen LogP contribution in [0.5, 0.6) is 11.5 Å². The van der Waals surface area contributed by atoms with Gasteiger partial charge in [-0.15, -0.1) is 0 Å². The van der Waals surface area contributed by atoms with Crippen LogP contribution in [0.1, 0.15) is 18.1 Å². The average Bonchev–Trinajstić information content (AvgIpc) is 2.92. The molecule has 134 valence electrons. The number of methoxy groups -OCH3 is 1. The van der Waals surface area contributed by atoms with Crippen LogP contribution in [-0.4, -0.2) is 24.0 Å². The minimum atomic E-state index is -0.562. The Morgan fingerprint density at radius 3 is 2.54 bits per heavy atom. The predicted octanol–water partition coefficient (Wildman–Crippen LogP) is 3.08. The second-order valence-electron chi connectivity index (χ2n) is 5.71. The fourth-order valence-electron chi connectivity index (χ4n) is 2.64. The van der Waals surface area contributed by atoms with Gasteiger partial charge in [-0.2, -0.15) is 0 Å². The van der Waals surface area contributed by atoms with Crippen molar-refractivity contribution in [2.45, 2.75) is 13.3 Å². The number of halogens is 1. The van der Waals surface area contributed by atoms with Gasteiger partial charge in [0.25, 0.3) is 11.8 Å². The molecule has 0 saturated carbocycles. The van der Waals surface area contributed by atoms with Crippen LogP contribution in [-0.2, 0) is 16.0 Å². The molecule has 0 atom stereocenters. The molecule has 1 aliphatic rings. The molecule has 26 heavy (non-hydrogen) atoms. The Morgan fingerprint density at radius 1 is 1.23 bits per heavy atom. The fraction of sp³-hybridized carbons (Fsp3) is 0.158. The van der Waals surface area contributed by atoms with Crippen LogP contribution in [0, 0.1) is 0 Å². The summed E-state index contributed by atoms with van der Waals surface area (Å²) in [6.45, 7) is 2.03. The lowest BCUT2D eigenvalue weighted by molar-refractivity contribution is -0.117. The molecule has 0 radical (unpaired) electrons. The lowest BCUT2D eigenvalue weighted by Gasteiger charge is -2.14. The number of hydrazine groups is 1. The van der Waals surface area contributed by atoms with Crippen molar-refractivity contribution in [2.24, 2.45) is 0 Å². The lowest BCUT2D eigenvalue weighted by Crippen LogP contribution is -2.35. The van der Waals surface area contributed by atoms with Gasteiger partial charge >= 0.3 is 0 Å². The minimum absolute atomic E-state index is 0.107. The molecular formula is C19H17ClN2O4. The molecule has 1 saturated heterocycles. The van der Waals surface area contributed by atoms with Crippen LogP contribution in [0.15, 0.2) is 42.0 Å². The second kappa shape index (κ2) is 7.09. The summed E-state index contributed by atoms with van der Waals surface area (Å²) in [4.78, 5) is 24.9. The Bertz CT molecular complexity index is 907. The van der Waals surface area contributed by atoms with Crippen molar-refractivity contribution in [3.05, 3.63) is 58.1 Å². The molecule has 3 rings (SSSR count). The van der Waals surface area contributed by atoms with E-state index in [9.17, 15) is 14.7 Å². The molecule has 2 amide bonds. The third-order valence-electron chi connectivity index (χ3n) is 4.08. The number of nitrogens with zero attached hydrogens (tertiary/aromatic N) is 1. The van der Waals surface area contributed by atoms with E-state index in [-0.39, 0.29) is 22.6 Å². The lowest BCUT2D eigenvalue weighted by atomic mass is 10.1. The Labute approximate surface area is 155 Å². The summed E-state index contributed by atoms with van der Waals surface area (Å²) in [6.07, 6.45) is 2.17. The van der Waals surface area contributed by atoms with Crippen LogP contribution < -0.4 is 15.2 Å². The summed E-state index contributed by atoms with van der Waals surface area (Å²) in [6, 6.07) is 10.2. The van der Waals surface area contributed by atoms with E-state index in [4.69, 9.17) is 16.3 Å². The van der Waals surface area contributed by atoms with Crippen LogP contribution in [0.25, 0.3) is 6.08 Å². The van der Waals surface area contributed by atoms with E-state index >= 15 is 0 Å². The van der Waals surface area contributed by atoms with Gasteiger partial charge in [0.15, 0.2) is 11.5 Å². The zero-order valence-electron chi connectivity index (χ0n) is 14.2. The molecule has 2 aromatic rings. The number of amides is 2. The van der Waals surface area contributed by atoms with E-state index in [0.717, 1.165) is 12.0 Å². The monoisotopic (exact) mass is 372 g/mol. The highest BCUT2D eigenvalue weighted by molar-refractivity contribution is 6.32. The summed E-state index contributed by atoms with van der Waals surface area (Å²) >= 11 is 6.00. The number of benzene rings is 2. The van der Waals surface area contributed by atoms with E-state index < -0.39 is 11.8 Å². The quantitative estimate of drug-likeness (QED) is 0.638. The number of phenols is 1.